The van der Waals surface area contributed by atoms with Crippen molar-refractivity contribution in [2.24, 2.45) is 5.92 Å². The minimum atomic E-state index is -2.05. The van der Waals surface area contributed by atoms with E-state index in [0.29, 0.717) is 12.8 Å². The third-order valence-electron chi connectivity index (χ3n) is 5.19. The number of aliphatic carboxylic acids is 2. The second-order valence-corrected chi connectivity index (χ2v) is 6.74. The molecule has 1 aliphatic rings. The first kappa shape index (κ1) is 17.9. The number of carbonyl (C=O) groups is 3. The largest absolute Gasteiger partial charge is 0.480 e. The molecule has 0 aliphatic heterocycles. The molecular weight excluding hydrogens is 334 g/mol. The number of carboxylic acids is 2. The highest BCUT2D eigenvalue weighted by molar-refractivity contribution is 6.16. The molecule has 0 unspecified atom stereocenters. The van der Waals surface area contributed by atoms with Gasteiger partial charge in [0, 0.05) is 12.4 Å². The van der Waals surface area contributed by atoms with Crippen molar-refractivity contribution in [2.45, 2.75) is 37.6 Å². The van der Waals surface area contributed by atoms with Crippen LogP contribution in [0, 0.1) is 5.92 Å². The quantitative estimate of drug-likeness (QED) is 0.776. The van der Waals surface area contributed by atoms with Crippen molar-refractivity contribution in [1.29, 1.82) is 0 Å². The van der Waals surface area contributed by atoms with E-state index >= 15 is 0 Å². The summed E-state index contributed by atoms with van der Waals surface area (Å²) in [5, 5.41) is 18.6. The fraction of sp³-hybridized carbons (Fsp3) is 0.350. The van der Waals surface area contributed by atoms with E-state index in [-0.39, 0.29) is 0 Å². The topological polar surface area (TPSA) is 96.6 Å². The second-order valence-electron chi connectivity index (χ2n) is 6.74. The maximum absolute atomic E-state index is 13.1. The molecule has 6 heteroatoms. The van der Waals surface area contributed by atoms with Crippen LogP contribution in [0.4, 0.5) is 0 Å². The highest BCUT2D eigenvalue weighted by Gasteiger charge is 2.49. The van der Waals surface area contributed by atoms with Crippen LogP contribution in [0.15, 0.2) is 48.8 Å². The van der Waals surface area contributed by atoms with Crippen molar-refractivity contribution < 1.29 is 24.6 Å². The normalized spacial score (nSPS) is 16.3. The maximum atomic E-state index is 13.1. The molecule has 1 aromatic heterocycles. The van der Waals surface area contributed by atoms with Gasteiger partial charge in [-0.1, -0.05) is 49.6 Å². The molecule has 0 radical (unpaired) electrons. The van der Waals surface area contributed by atoms with Gasteiger partial charge in [-0.2, -0.15) is 0 Å². The van der Waals surface area contributed by atoms with E-state index in [9.17, 15) is 24.6 Å². The van der Waals surface area contributed by atoms with Crippen LogP contribution in [0.1, 0.15) is 32.1 Å². The zero-order valence-corrected chi connectivity index (χ0v) is 14.3. The van der Waals surface area contributed by atoms with Crippen LogP contribution in [-0.2, 0) is 19.9 Å². The molecule has 0 atom stereocenters. The number of rotatable bonds is 6. The van der Waals surface area contributed by atoms with Gasteiger partial charge in [0.25, 0.3) is 0 Å². The number of nitrogens with zero attached hydrogens (tertiary/aromatic N) is 1. The third kappa shape index (κ3) is 3.14. The van der Waals surface area contributed by atoms with Crippen LogP contribution in [0.3, 0.4) is 0 Å². The summed E-state index contributed by atoms with van der Waals surface area (Å²) in [5.41, 5.74) is 0.774. The van der Waals surface area contributed by atoms with Crippen molar-refractivity contribution in [1.82, 2.24) is 4.57 Å². The fourth-order valence-electron chi connectivity index (χ4n) is 3.83. The Labute approximate surface area is 151 Å². The monoisotopic (exact) mass is 355 g/mol. The highest BCUT2D eigenvalue weighted by Crippen LogP contribution is 2.39. The van der Waals surface area contributed by atoms with Gasteiger partial charge < -0.3 is 14.8 Å². The van der Waals surface area contributed by atoms with Gasteiger partial charge in [-0.25, -0.2) is 0 Å². The molecule has 1 fully saturated rings. The van der Waals surface area contributed by atoms with Crippen molar-refractivity contribution in [3.05, 3.63) is 48.8 Å². The van der Waals surface area contributed by atoms with E-state index in [1.54, 1.807) is 10.8 Å². The Hall–Kier alpha value is -2.89. The molecule has 26 heavy (non-hydrogen) atoms. The molecule has 0 saturated heterocycles. The van der Waals surface area contributed by atoms with Gasteiger partial charge >= 0.3 is 11.9 Å². The van der Waals surface area contributed by atoms with Crippen LogP contribution in [0.5, 0.6) is 0 Å². The number of hydrogen-bond donors (Lipinski definition) is 2. The van der Waals surface area contributed by atoms with Crippen LogP contribution >= 0.6 is 0 Å². The van der Waals surface area contributed by atoms with E-state index in [4.69, 9.17) is 0 Å². The smallest absolute Gasteiger partial charge is 0.325 e. The molecule has 0 spiro atoms. The van der Waals surface area contributed by atoms with Gasteiger partial charge in [0.2, 0.25) is 5.92 Å². The molecule has 6 nitrogen and oxygen atoms in total. The highest BCUT2D eigenvalue weighted by atomic mass is 16.4. The molecule has 1 aliphatic carbocycles. The first-order valence-corrected chi connectivity index (χ1v) is 8.69. The lowest BCUT2D eigenvalue weighted by Gasteiger charge is -2.38. The lowest BCUT2D eigenvalue weighted by Crippen LogP contribution is -2.50. The van der Waals surface area contributed by atoms with Crippen molar-refractivity contribution in [2.75, 3.05) is 0 Å². The number of carbonyl (C=O) groups excluding carboxylic acids is 1. The summed E-state index contributed by atoms with van der Waals surface area (Å²) in [7, 11) is 0. The molecule has 3 rings (SSSR count). The van der Waals surface area contributed by atoms with Gasteiger partial charge in [-0.3, -0.25) is 14.4 Å². The number of hydrogen-bond acceptors (Lipinski definition) is 3. The predicted molar refractivity (Wildman–Crippen MR) is 94.7 cm³/mol. The van der Waals surface area contributed by atoms with Gasteiger partial charge in [0.15, 0.2) is 5.78 Å². The second kappa shape index (κ2) is 7.15. The number of aromatic nitrogens is 1. The molecule has 0 amide bonds. The minimum absolute atomic E-state index is 0.450. The Kier molecular flexibility index (Phi) is 4.93. The maximum Gasteiger partial charge on any atom is 0.325 e. The van der Waals surface area contributed by atoms with Gasteiger partial charge in [-0.05, 0) is 30.0 Å². The third-order valence-corrected chi connectivity index (χ3v) is 5.19. The average Bonchev–Trinajstić information content (AvgIpc) is 3.13. The summed E-state index contributed by atoms with van der Waals surface area (Å²) in [6, 6.07) is 11.5. The number of ketones is 1. The molecule has 1 saturated carbocycles. The van der Waals surface area contributed by atoms with Crippen molar-refractivity contribution >= 4 is 17.7 Å². The van der Waals surface area contributed by atoms with Crippen LogP contribution in [-0.4, -0.2) is 32.5 Å². The van der Waals surface area contributed by atoms with E-state index < -0.39 is 29.2 Å². The summed E-state index contributed by atoms with van der Waals surface area (Å²) in [6.07, 6.45) is 6.95. The Bertz CT molecular complexity index is 804. The van der Waals surface area contributed by atoms with Gasteiger partial charge in [0.1, 0.15) is 5.54 Å². The van der Waals surface area contributed by atoms with Crippen LogP contribution in [0.2, 0.25) is 0 Å². The summed E-state index contributed by atoms with van der Waals surface area (Å²) < 4.78 is 1.73. The standard InChI is InChI=1S/C20H21NO5/c22-17(16(18(23)24)19(25)26)20(10-5-2-6-11-20)21-12-9-15(13-21)14-7-3-1-4-8-14/h1,3-4,7-9,12-13,16H,2,5-6,10-11H2,(H,23,24)(H,25,26). The number of Topliss-reactive ketones (excluding diaryl/α,β-unsaturated/α-hetero) is 1. The Morgan fingerprint density at radius 1 is 0.885 bits per heavy atom. The van der Waals surface area contributed by atoms with Gasteiger partial charge in [-0.15, -0.1) is 0 Å². The molecule has 0 bridgehead atoms. The lowest BCUT2D eigenvalue weighted by atomic mass is 9.74. The molecule has 1 aromatic carbocycles. The molecule has 2 N–H and O–H groups in total. The van der Waals surface area contributed by atoms with E-state index in [1.807, 2.05) is 42.6 Å². The minimum Gasteiger partial charge on any atom is -0.480 e. The Balaban J connectivity index is 2.03. The van der Waals surface area contributed by atoms with E-state index in [0.717, 1.165) is 30.4 Å². The number of benzene rings is 1. The molecule has 1 heterocycles. The lowest BCUT2D eigenvalue weighted by molar-refractivity contribution is -0.160. The van der Waals surface area contributed by atoms with Gasteiger partial charge in [0.05, 0.1) is 0 Å². The first-order chi connectivity index (χ1) is 12.5. The van der Waals surface area contributed by atoms with Crippen molar-refractivity contribution in [3.8, 4) is 11.1 Å². The number of carboxylic acid groups (broad SMARTS) is 2. The summed E-state index contributed by atoms with van der Waals surface area (Å²) >= 11 is 0. The molecule has 136 valence electrons. The SMILES string of the molecule is O=C(O)C(C(=O)O)C(=O)C1(n2ccc(-c3ccccc3)c2)CCCCC1. The van der Waals surface area contributed by atoms with Crippen molar-refractivity contribution in [3.63, 3.8) is 0 Å². The zero-order chi connectivity index (χ0) is 18.7. The zero-order valence-electron chi connectivity index (χ0n) is 14.3. The molecule has 2 aromatic rings. The summed E-state index contributed by atoms with van der Waals surface area (Å²) in [4.78, 5) is 35.9. The first-order valence-electron chi connectivity index (χ1n) is 8.69. The van der Waals surface area contributed by atoms with E-state index in [2.05, 4.69) is 0 Å². The Morgan fingerprint density at radius 3 is 2.08 bits per heavy atom. The molecular formula is C20H21NO5. The predicted octanol–water partition coefficient (Wildman–Crippen LogP) is 3.17. The summed E-state index contributed by atoms with van der Waals surface area (Å²) in [5.74, 6) is -6.01. The summed E-state index contributed by atoms with van der Waals surface area (Å²) in [6.45, 7) is 0. The van der Waals surface area contributed by atoms with E-state index in [1.165, 1.54) is 0 Å². The fourth-order valence-corrected chi connectivity index (χ4v) is 3.83. The van der Waals surface area contributed by atoms with Crippen LogP contribution < -0.4 is 0 Å². The average molecular weight is 355 g/mol. The Morgan fingerprint density at radius 2 is 1.50 bits per heavy atom. The van der Waals surface area contributed by atoms with Crippen LogP contribution in [0.25, 0.3) is 11.1 Å².